The zero-order valence-corrected chi connectivity index (χ0v) is 11.2. The van der Waals surface area contributed by atoms with Gasteiger partial charge in [0.2, 0.25) is 0 Å². The summed E-state index contributed by atoms with van der Waals surface area (Å²) in [6.45, 7) is 0.640. The average Bonchev–Trinajstić information content (AvgIpc) is 2.92. The van der Waals surface area contributed by atoms with E-state index in [4.69, 9.17) is 10.00 Å². The third-order valence-electron chi connectivity index (χ3n) is 2.09. The van der Waals surface area contributed by atoms with Crippen LogP contribution in [-0.2, 0) is 0 Å². The second-order valence-electron chi connectivity index (χ2n) is 3.40. The maximum Gasteiger partial charge on any atom is 0.169 e. The van der Waals surface area contributed by atoms with Crippen LogP contribution in [0.25, 0.3) is 0 Å². The van der Waals surface area contributed by atoms with Gasteiger partial charge in [-0.15, -0.1) is 0 Å². The van der Waals surface area contributed by atoms with Crippen molar-refractivity contribution in [3.05, 3.63) is 36.2 Å². The van der Waals surface area contributed by atoms with Crippen LogP contribution in [0.1, 0.15) is 12.0 Å². The Labute approximate surface area is 114 Å². The highest BCUT2D eigenvalue weighted by molar-refractivity contribution is 8.00. The van der Waals surface area contributed by atoms with Crippen molar-refractivity contribution in [3.8, 4) is 11.8 Å². The Balaban J connectivity index is 1.67. The van der Waals surface area contributed by atoms with Gasteiger partial charge in [-0.2, -0.15) is 9.64 Å². The van der Waals surface area contributed by atoms with E-state index in [0.29, 0.717) is 12.2 Å². The van der Waals surface area contributed by atoms with Crippen LogP contribution < -0.4 is 4.74 Å². The van der Waals surface area contributed by atoms with E-state index in [1.807, 2.05) is 12.1 Å². The van der Waals surface area contributed by atoms with E-state index >= 15 is 0 Å². The van der Waals surface area contributed by atoms with Gasteiger partial charge in [0.05, 0.1) is 18.2 Å². The molecule has 1 aromatic heterocycles. The monoisotopic (exact) mass is 277 g/mol. The standard InChI is InChI=1S/C12H11N3OS2/c13-8-10-3-1-4-11(7-10)16-5-2-6-17-12-14-9-15-18-12/h1,3-4,7,9H,2,5-6H2. The van der Waals surface area contributed by atoms with Crippen molar-refractivity contribution in [1.82, 2.24) is 9.36 Å². The minimum atomic E-state index is 0.621. The number of aromatic nitrogens is 2. The molecule has 4 nitrogen and oxygen atoms in total. The summed E-state index contributed by atoms with van der Waals surface area (Å²) in [4.78, 5) is 4.09. The van der Waals surface area contributed by atoms with Crippen molar-refractivity contribution < 1.29 is 4.74 Å². The molecule has 2 aromatic rings. The number of ether oxygens (including phenoxy) is 1. The fourth-order valence-corrected chi connectivity index (χ4v) is 2.72. The average molecular weight is 277 g/mol. The largest absolute Gasteiger partial charge is 0.494 e. The Morgan fingerprint density at radius 2 is 2.39 bits per heavy atom. The third kappa shape index (κ3) is 4.02. The number of rotatable bonds is 6. The minimum absolute atomic E-state index is 0.621. The predicted octanol–water partition coefficient (Wildman–Crippen LogP) is 2.97. The molecule has 0 saturated heterocycles. The molecule has 0 atom stereocenters. The van der Waals surface area contributed by atoms with Gasteiger partial charge in [-0.25, -0.2) is 4.98 Å². The van der Waals surface area contributed by atoms with Crippen molar-refractivity contribution in [2.24, 2.45) is 0 Å². The smallest absolute Gasteiger partial charge is 0.169 e. The topological polar surface area (TPSA) is 58.8 Å². The fraction of sp³-hybridized carbons (Fsp3) is 0.250. The molecule has 0 spiro atoms. The molecular weight excluding hydrogens is 266 g/mol. The summed E-state index contributed by atoms with van der Waals surface area (Å²) in [5.41, 5.74) is 0.621. The first-order valence-corrected chi connectivity index (χ1v) is 7.17. The van der Waals surface area contributed by atoms with Crippen molar-refractivity contribution in [1.29, 1.82) is 5.26 Å². The molecule has 0 bridgehead atoms. The number of benzene rings is 1. The van der Waals surface area contributed by atoms with E-state index in [-0.39, 0.29) is 0 Å². The lowest BCUT2D eigenvalue weighted by molar-refractivity contribution is 0.318. The summed E-state index contributed by atoms with van der Waals surface area (Å²) in [5, 5.41) is 8.76. The molecule has 0 amide bonds. The molecular formula is C12H11N3OS2. The molecule has 0 aliphatic heterocycles. The zero-order chi connectivity index (χ0) is 12.6. The number of nitriles is 1. The summed E-state index contributed by atoms with van der Waals surface area (Å²) < 4.78 is 10.5. The van der Waals surface area contributed by atoms with Crippen LogP contribution in [0, 0.1) is 11.3 Å². The molecule has 0 unspecified atom stereocenters. The Hall–Kier alpha value is -1.58. The second kappa shape index (κ2) is 6.99. The summed E-state index contributed by atoms with van der Waals surface area (Å²) in [7, 11) is 0. The second-order valence-corrected chi connectivity index (χ2v) is 5.52. The Bertz CT molecular complexity index is 522. The molecule has 6 heteroatoms. The maximum absolute atomic E-state index is 8.76. The van der Waals surface area contributed by atoms with Crippen molar-refractivity contribution >= 4 is 23.3 Å². The molecule has 0 radical (unpaired) electrons. The Morgan fingerprint density at radius 3 is 3.17 bits per heavy atom. The molecule has 92 valence electrons. The highest BCUT2D eigenvalue weighted by Crippen LogP contribution is 2.19. The molecule has 0 aliphatic carbocycles. The van der Waals surface area contributed by atoms with Crippen LogP contribution in [0.4, 0.5) is 0 Å². The first-order chi connectivity index (χ1) is 8.88. The van der Waals surface area contributed by atoms with Crippen molar-refractivity contribution in [2.45, 2.75) is 10.8 Å². The quantitative estimate of drug-likeness (QED) is 0.600. The van der Waals surface area contributed by atoms with E-state index in [1.54, 1.807) is 30.2 Å². The van der Waals surface area contributed by atoms with E-state index in [1.165, 1.54) is 11.5 Å². The zero-order valence-electron chi connectivity index (χ0n) is 9.57. The summed E-state index contributed by atoms with van der Waals surface area (Å²) in [6, 6.07) is 9.28. The number of hydrogen-bond donors (Lipinski definition) is 0. The molecule has 0 fully saturated rings. The predicted molar refractivity (Wildman–Crippen MR) is 71.9 cm³/mol. The summed E-state index contributed by atoms with van der Waals surface area (Å²) >= 11 is 3.09. The van der Waals surface area contributed by atoms with Gasteiger partial charge in [0.25, 0.3) is 0 Å². The molecule has 18 heavy (non-hydrogen) atoms. The number of nitrogens with zero attached hydrogens (tertiary/aromatic N) is 3. The molecule has 0 N–H and O–H groups in total. The van der Waals surface area contributed by atoms with Gasteiger partial charge >= 0.3 is 0 Å². The molecule has 1 heterocycles. The lowest BCUT2D eigenvalue weighted by Crippen LogP contribution is -1.98. The SMILES string of the molecule is N#Cc1cccc(OCCCSc2ncns2)c1. The van der Waals surface area contributed by atoms with Crippen molar-refractivity contribution in [3.63, 3.8) is 0 Å². The van der Waals surface area contributed by atoms with E-state index in [2.05, 4.69) is 15.4 Å². The molecule has 2 rings (SSSR count). The number of hydrogen-bond acceptors (Lipinski definition) is 6. The minimum Gasteiger partial charge on any atom is -0.494 e. The van der Waals surface area contributed by atoms with Gasteiger partial charge in [0.1, 0.15) is 12.1 Å². The van der Waals surface area contributed by atoms with Crippen molar-refractivity contribution in [2.75, 3.05) is 12.4 Å². The Kier molecular flexibility index (Phi) is 5.00. The maximum atomic E-state index is 8.76. The van der Waals surface area contributed by atoms with Gasteiger partial charge in [-0.3, -0.25) is 0 Å². The fourth-order valence-electron chi connectivity index (χ4n) is 1.29. The molecule has 0 saturated carbocycles. The number of thioether (sulfide) groups is 1. The molecule has 0 aliphatic rings. The van der Waals surface area contributed by atoms with Gasteiger partial charge in [0, 0.05) is 5.75 Å². The lowest BCUT2D eigenvalue weighted by Gasteiger charge is -2.05. The van der Waals surface area contributed by atoms with E-state index < -0.39 is 0 Å². The Morgan fingerprint density at radius 1 is 1.44 bits per heavy atom. The van der Waals surface area contributed by atoms with Crippen LogP contribution in [0.15, 0.2) is 34.9 Å². The first kappa shape index (κ1) is 12.9. The third-order valence-corrected chi connectivity index (χ3v) is 3.97. The first-order valence-electron chi connectivity index (χ1n) is 5.41. The van der Waals surface area contributed by atoms with E-state index in [0.717, 1.165) is 22.3 Å². The molecule has 1 aromatic carbocycles. The van der Waals surface area contributed by atoms with Crippen LogP contribution in [0.2, 0.25) is 0 Å². The van der Waals surface area contributed by atoms with Gasteiger partial charge in [-0.1, -0.05) is 17.8 Å². The highest BCUT2D eigenvalue weighted by atomic mass is 32.2. The summed E-state index contributed by atoms with van der Waals surface area (Å²) in [5.74, 6) is 1.70. The highest BCUT2D eigenvalue weighted by Gasteiger charge is 1.99. The normalized spacial score (nSPS) is 9.94. The van der Waals surface area contributed by atoms with Crippen LogP contribution in [-0.4, -0.2) is 21.7 Å². The van der Waals surface area contributed by atoms with Gasteiger partial charge in [-0.05, 0) is 36.2 Å². The van der Waals surface area contributed by atoms with Crippen LogP contribution in [0.5, 0.6) is 5.75 Å². The van der Waals surface area contributed by atoms with Gasteiger partial charge < -0.3 is 4.74 Å². The summed E-state index contributed by atoms with van der Waals surface area (Å²) in [6.07, 6.45) is 2.50. The van der Waals surface area contributed by atoms with Crippen LogP contribution in [0.3, 0.4) is 0 Å². The van der Waals surface area contributed by atoms with Gasteiger partial charge in [0.15, 0.2) is 4.34 Å². The van der Waals surface area contributed by atoms with E-state index in [9.17, 15) is 0 Å². The lowest BCUT2D eigenvalue weighted by atomic mass is 10.2. The van der Waals surface area contributed by atoms with Crippen LogP contribution >= 0.6 is 23.3 Å².